The van der Waals surface area contributed by atoms with Crippen molar-refractivity contribution >= 4 is 11.8 Å². The monoisotopic (exact) mass is 212 g/mol. The van der Waals surface area contributed by atoms with Gasteiger partial charge in [0.25, 0.3) is 0 Å². The minimum Gasteiger partial charge on any atom is -0.512 e. The Morgan fingerprint density at radius 2 is 2.33 bits per heavy atom. The van der Waals surface area contributed by atoms with Crippen molar-refractivity contribution in [3.05, 3.63) is 11.8 Å². The molecular weight excluding hydrogens is 196 g/mol. The second-order valence-corrected chi connectivity index (χ2v) is 3.41. The van der Waals surface area contributed by atoms with E-state index in [0.717, 1.165) is 31.8 Å². The van der Waals surface area contributed by atoms with Crippen molar-refractivity contribution in [3.8, 4) is 0 Å². The molecule has 15 heavy (non-hydrogen) atoms. The summed E-state index contributed by atoms with van der Waals surface area (Å²) in [6.45, 7) is 1.75. The van der Waals surface area contributed by atoms with Crippen LogP contribution in [0.5, 0.6) is 0 Å². The summed E-state index contributed by atoms with van der Waals surface area (Å²) in [5.74, 6) is -0.0597. The molecule has 0 radical (unpaired) electrons. The molecule has 0 unspecified atom stereocenters. The van der Waals surface area contributed by atoms with Crippen LogP contribution in [0.2, 0.25) is 0 Å². The molecule has 0 aromatic heterocycles. The number of hydrogen-bond acceptors (Lipinski definition) is 4. The molecule has 1 aliphatic heterocycles. The zero-order valence-electron chi connectivity index (χ0n) is 8.57. The van der Waals surface area contributed by atoms with Crippen LogP contribution < -0.4 is 5.32 Å². The Morgan fingerprint density at radius 1 is 1.53 bits per heavy atom. The van der Waals surface area contributed by atoms with E-state index in [-0.39, 0.29) is 12.2 Å². The number of carboxylic acids is 1. The van der Waals surface area contributed by atoms with Gasteiger partial charge >= 0.3 is 5.97 Å². The summed E-state index contributed by atoms with van der Waals surface area (Å²) < 4.78 is 0. The van der Waals surface area contributed by atoms with Gasteiger partial charge in [-0.2, -0.15) is 0 Å². The number of nitrogens with zero attached hydrogens (tertiary/aromatic N) is 1. The Hall–Kier alpha value is -1.52. The van der Waals surface area contributed by atoms with Gasteiger partial charge < -0.3 is 15.5 Å². The number of aliphatic hydroxyl groups is 1. The Bertz CT molecular complexity index is 284. The molecule has 3 N–H and O–H groups in total. The molecule has 0 spiro atoms. The SMILES string of the molecule is O=C(O)CC(O)=CCCCC1=NCCN1. The third kappa shape index (κ3) is 5.05. The highest BCUT2D eigenvalue weighted by Crippen LogP contribution is 2.04. The van der Waals surface area contributed by atoms with Crippen molar-refractivity contribution in [1.82, 2.24) is 5.32 Å². The zero-order chi connectivity index (χ0) is 11.1. The molecule has 0 saturated carbocycles. The van der Waals surface area contributed by atoms with Gasteiger partial charge in [0.1, 0.15) is 6.42 Å². The normalized spacial score (nSPS) is 16.0. The highest BCUT2D eigenvalue weighted by Gasteiger charge is 2.04. The number of amidine groups is 1. The van der Waals surface area contributed by atoms with Gasteiger partial charge in [0, 0.05) is 13.0 Å². The third-order valence-electron chi connectivity index (χ3n) is 2.07. The number of aliphatic hydroxyl groups excluding tert-OH is 1. The van der Waals surface area contributed by atoms with Gasteiger partial charge in [-0.3, -0.25) is 9.79 Å². The van der Waals surface area contributed by atoms with E-state index in [9.17, 15) is 4.79 Å². The summed E-state index contributed by atoms with van der Waals surface area (Å²) in [5.41, 5.74) is 0. The van der Waals surface area contributed by atoms with E-state index in [4.69, 9.17) is 10.2 Å². The molecule has 0 amide bonds. The summed E-state index contributed by atoms with van der Waals surface area (Å²) in [5, 5.41) is 20.7. The van der Waals surface area contributed by atoms with Crippen molar-refractivity contribution in [2.75, 3.05) is 13.1 Å². The van der Waals surface area contributed by atoms with Gasteiger partial charge in [0.15, 0.2) is 0 Å². The fourth-order valence-electron chi connectivity index (χ4n) is 1.38. The van der Waals surface area contributed by atoms with Crippen LogP contribution in [-0.4, -0.2) is 35.1 Å². The average Bonchev–Trinajstić information content (AvgIpc) is 2.63. The van der Waals surface area contributed by atoms with Crippen LogP contribution >= 0.6 is 0 Å². The lowest BCUT2D eigenvalue weighted by Crippen LogP contribution is -2.17. The summed E-state index contributed by atoms with van der Waals surface area (Å²) >= 11 is 0. The maximum Gasteiger partial charge on any atom is 0.311 e. The smallest absolute Gasteiger partial charge is 0.311 e. The first kappa shape index (κ1) is 11.6. The number of aliphatic carboxylic acids is 1. The Morgan fingerprint density at radius 3 is 2.93 bits per heavy atom. The molecule has 0 atom stereocenters. The fraction of sp³-hybridized carbons (Fsp3) is 0.600. The summed E-state index contributed by atoms with van der Waals surface area (Å²) in [6.07, 6.45) is 3.68. The van der Waals surface area contributed by atoms with Gasteiger partial charge in [-0.25, -0.2) is 0 Å². The largest absolute Gasteiger partial charge is 0.512 e. The first-order valence-electron chi connectivity index (χ1n) is 5.05. The number of aliphatic imine (C=N–C) groups is 1. The predicted molar refractivity (Wildman–Crippen MR) is 57.1 cm³/mol. The molecular formula is C10H16N2O3. The van der Waals surface area contributed by atoms with Gasteiger partial charge in [0.05, 0.1) is 18.1 Å². The number of carbonyl (C=O) groups is 1. The first-order valence-corrected chi connectivity index (χ1v) is 5.05. The van der Waals surface area contributed by atoms with E-state index in [1.165, 1.54) is 0 Å². The Kier molecular flexibility index (Phi) is 4.66. The number of carboxylic acid groups (broad SMARTS) is 1. The maximum absolute atomic E-state index is 10.2. The minimum atomic E-state index is -1.01. The van der Waals surface area contributed by atoms with Crippen LogP contribution in [-0.2, 0) is 4.79 Å². The van der Waals surface area contributed by atoms with Gasteiger partial charge in [-0.1, -0.05) is 0 Å². The molecule has 0 fully saturated rings. The second kappa shape index (κ2) is 6.06. The fourth-order valence-corrected chi connectivity index (χ4v) is 1.38. The minimum absolute atomic E-state index is 0.0659. The van der Waals surface area contributed by atoms with E-state index in [1.807, 2.05) is 0 Å². The zero-order valence-corrected chi connectivity index (χ0v) is 8.57. The molecule has 0 aliphatic carbocycles. The Labute approximate surface area is 88.5 Å². The Balaban J connectivity index is 2.12. The molecule has 5 heteroatoms. The third-order valence-corrected chi connectivity index (χ3v) is 2.07. The highest BCUT2D eigenvalue weighted by atomic mass is 16.4. The number of rotatable bonds is 6. The number of allylic oxidation sites excluding steroid dienone is 1. The maximum atomic E-state index is 10.2. The second-order valence-electron chi connectivity index (χ2n) is 3.41. The average molecular weight is 212 g/mol. The molecule has 0 aromatic rings. The summed E-state index contributed by atoms with van der Waals surface area (Å²) in [7, 11) is 0. The van der Waals surface area contributed by atoms with Gasteiger partial charge in [0.2, 0.25) is 0 Å². The van der Waals surface area contributed by atoms with Crippen LogP contribution in [0.15, 0.2) is 16.8 Å². The molecule has 5 nitrogen and oxygen atoms in total. The van der Waals surface area contributed by atoms with E-state index >= 15 is 0 Å². The first-order chi connectivity index (χ1) is 7.18. The van der Waals surface area contributed by atoms with E-state index < -0.39 is 5.97 Å². The van der Waals surface area contributed by atoms with E-state index in [0.29, 0.717) is 6.42 Å². The quantitative estimate of drug-likeness (QED) is 0.454. The molecule has 1 rings (SSSR count). The van der Waals surface area contributed by atoms with E-state index in [2.05, 4.69) is 10.3 Å². The number of unbranched alkanes of at least 4 members (excludes halogenated alkanes) is 1. The van der Waals surface area contributed by atoms with Crippen LogP contribution in [0, 0.1) is 0 Å². The van der Waals surface area contributed by atoms with Crippen LogP contribution in [0.1, 0.15) is 25.7 Å². The molecule has 0 aromatic carbocycles. The molecule has 84 valence electrons. The van der Waals surface area contributed by atoms with Crippen molar-refractivity contribution in [1.29, 1.82) is 0 Å². The lowest BCUT2D eigenvalue weighted by Gasteiger charge is -2.00. The lowest BCUT2D eigenvalue weighted by molar-refractivity contribution is -0.136. The lowest BCUT2D eigenvalue weighted by atomic mass is 10.2. The standard InChI is InChI=1S/C10H16N2O3/c13-8(7-10(14)15)3-1-2-4-9-11-5-6-12-9/h3,13H,1-2,4-7H2,(H,11,12)(H,14,15). The molecule has 0 bridgehead atoms. The van der Waals surface area contributed by atoms with Crippen LogP contribution in [0.3, 0.4) is 0 Å². The summed E-state index contributed by atoms with van der Waals surface area (Å²) in [6, 6.07) is 0. The number of nitrogens with one attached hydrogen (secondary N) is 1. The van der Waals surface area contributed by atoms with Crippen molar-refractivity contribution in [2.24, 2.45) is 4.99 Å². The molecule has 1 aliphatic rings. The molecule has 1 heterocycles. The van der Waals surface area contributed by atoms with Crippen molar-refractivity contribution < 1.29 is 15.0 Å². The molecule has 0 saturated heterocycles. The highest BCUT2D eigenvalue weighted by molar-refractivity contribution is 5.83. The van der Waals surface area contributed by atoms with E-state index in [1.54, 1.807) is 6.08 Å². The van der Waals surface area contributed by atoms with Crippen LogP contribution in [0.25, 0.3) is 0 Å². The van der Waals surface area contributed by atoms with Gasteiger partial charge in [-0.15, -0.1) is 0 Å². The van der Waals surface area contributed by atoms with Crippen molar-refractivity contribution in [3.63, 3.8) is 0 Å². The van der Waals surface area contributed by atoms with Crippen molar-refractivity contribution in [2.45, 2.75) is 25.7 Å². The number of hydrogen-bond donors (Lipinski definition) is 3. The van der Waals surface area contributed by atoms with Gasteiger partial charge in [-0.05, 0) is 18.9 Å². The predicted octanol–water partition coefficient (Wildman–Crippen LogP) is 1.08. The topological polar surface area (TPSA) is 81.9 Å². The van der Waals surface area contributed by atoms with Crippen LogP contribution in [0.4, 0.5) is 0 Å². The summed E-state index contributed by atoms with van der Waals surface area (Å²) in [4.78, 5) is 14.5.